The predicted molar refractivity (Wildman–Crippen MR) is 55.0 cm³/mol. The van der Waals surface area contributed by atoms with Crippen LogP contribution in [-0.2, 0) is 11.3 Å². The van der Waals surface area contributed by atoms with Gasteiger partial charge >= 0.3 is 0 Å². The molecule has 0 spiro atoms. The molecule has 1 aromatic heterocycles. The van der Waals surface area contributed by atoms with Crippen LogP contribution >= 0.6 is 0 Å². The van der Waals surface area contributed by atoms with Crippen LogP contribution in [0.15, 0.2) is 18.3 Å². The molecule has 3 nitrogen and oxygen atoms in total. The van der Waals surface area contributed by atoms with Crippen molar-refractivity contribution in [2.45, 2.75) is 26.1 Å². The molecule has 1 fully saturated rings. The lowest BCUT2D eigenvalue weighted by Gasteiger charge is -2.10. The molecular formula is C11H16N2O. The third kappa shape index (κ3) is 2.30. The number of rotatable bonds is 3. The smallest absolute Gasteiger partial charge is 0.0894 e. The summed E-state index contributed by atoms with van der Waals surface area (Å²) in [4.78, 5) is 4.29. The van der Waals surface area contributed by atoms with E-state index < -0.39 is 0 Å². The zero-order valence-electron chi connectivity index (χ0n) is 8.49. The van der Waals surface area contributed by atoms with E-state index >= 15 is 0 Å². The van der Waals surface area contributed by atoms with Crippen molar-refractivity contribution in [2.75, 3.05) is 13.1 Å². The average Bonchev–Trinajstić information content (AvgIpc) is 2.69. The van der Waals surface area contributed by atoms with Gasteiger partial charge in [0.25, 0.3) is 0 Å². The minimum Gasteiger partial charge on any atom is -0.371 e. The van der Waals surface area contributed by atoms with Gasteiger partial charge in [0.05, 0.1) is 18.4 Å². The normalized spacial score (nSPS) is 21.4. The molecular weight excluding hydrogens is 176 g/mol. The summed E-state index contributed by atoms with van der Waals surface area (Å²) >= 11 is 0. The maximum atomic E-state index is 5.74. The van der Waals surface area contributed by atoms with Crippen molar-refractivity contribution in [3.8, 4) is 0 Å². The number of hydrogen-bond donors (Lipinski definition) is 1. The van der Waals surface area contributed by atoms with E-state index in [1.807, 2.05) is 12.3 Å². The maximum absolute atomic E-state index is 5.74. The number of nitrogens with one attached hydrogen (secondary N) is 1. The summed E-state index contributed by atoms with van der Waals surface area (Å²) in [6.07, 6.45) is 3.31. The summed E-state index contributed by atoms with van der Waals surface area (Å²) < 4.78 is 5.74. The lowest BCUT2D eigenvalue weighted by atomic mass is 10.2. The molecule has 1 unspecified atom stereocenters. The van der Waals surface area contributed by atoms with Crippen LogP contribution in [0, 0.1) is 6.92 Å². The summed E-state index contributed by atoms with van der Waals surface area (Å²) in [6.45, 7) is 4.76. The fourth-order valence-corrected chi connectivity index (χ4v) is 1.64. The van der Waals surface area contributed by atoms with Gasteiger partial charge in [0, 0.05) is 12.7 Å². The van der Waals surface area contributed by atoms with Crippen molar-refractivity contribution < 1.29 is 4.74 Å². The first-order chi connectivity index (χ1) is 6.86. The number of ether oxygens (including phenoxy) is 1. The third-order valence-corrected chi connectivity index (χ3v) is 2.59. The zero-order chi connectivity index (χ0) is 9.80. The summed E-state index contributed by atoms with van der Waals surface area (Å²) in [5.41, 5.74) is 2.26. The van der Waals surface area contributed by atoms with Crippen LogP contribution in [-0.4, -0.2) is 24.2 Å². The van der Waals surface area contributed by atoms with Crippen LogP contribution in [0.2, 0.25) is 0 Å². The first kappa shape index (κ1) is 9.62. The molecule has 1 N–H and O–H groups in total. The van der Waals surface area contributed by atoms with E-state index in [0.29, 0.717) is 12.7 Å². The second-order valence-electron chi connectivity index (χ2n) is 3.69. The van der Waals surface area contributed by atoms with Gasteiger partial charge < -0.3 is 10.1 Å². The van der Waals surface area contributed by atoms with Crippen molar-refractivity contribution in [1.29, 1.82) is 0 Å². The van der Waals surface area contributed by atoms with E-state index in [1.54, 1.807) is 0 Å². The maximum Gasteiger partial charge on any atom is 0.0894 e. The van der Waals surface area contributed by atoms with Gasteiger partial charge in [-0.2, -0.15) is 0 Å². The summed E-state index contributed by atoms with van der Waals surface area (Å²) in [5.74, 6) is 0. The second kappa shape index (κ2) is 4.53. The van der Waals surface area contributed by atoms with Crippen LogP contribution in [0.4, 0.5) is 0 Å². The van der Waals surface area contributed by atoms with E-state index in [9.17, 15) is 0 Å². The van der Waals surface area contributed by atoms with E-state index in [-0.39, 0.29) is 0 Å². The number of aromatic nitrogens is 1. The standard InChI is InChI=1S/C11H16N2O/c1-9-3-2-5-13-11(9)8-14-10-4-6-12-7-10/h2-3,5,10,12H,4,6-8H2,1H3. The minimum atomic E-state index is 0.372. The molecule has 0 bridgehead atoms. The molecule has 76 valence electrons. The Hall–Kier alpha value is -0.930. The van der Waals surface area contributed by atoms with E-state index in [4.69, 9.17) is 4.74 Å². The van der Waals surface area contributed by atoms with Gasteiger partial charge in [-0.25, -0.2) is 0 Å². The van der Waals surface area contributed by atoms with Crippen molar-refractivity contribution in [3.63, 3.8) is 0 Å². The summed E-state index contributed by atoms with van der Waals surface area (Å²) in [5, 5.41) is 3.28. The van der Waals surface area contributed by atoms with Gasteiger partial charge in [-0.3, -0.25) is 4.98 Å². The third-order valence-electron chi connectivity index (χ3n) is 2.59. The zero-order valence-corrected chi connectivity index (χ0v) is 8.49. The Balaban J connectivity index is 1.88. The number of aryl methyl sites for hydroxylation is 1. The molecule has 3 heteroatoms. The van der Waals surface area contributed by atoms with Gasteiger partial charge in [0.1, 0.15) is 0 Å². The van der Waals surface area contributed by atoms with Crippen LogP contribution < -0.4 is 5.32 Å². The SMILES string of the molecule is Cc1cccnc1COC1CCNC1. The minimum absolute atomic E-state index is 0.372. The Morgan fingerprint density at radius 1 is 1.64 bits per heavy atom. The lowest BCUT2D eigenvalue weighted by molar-refractivity contribution is 0.0519. The van der Waals surface area contributed by atoms with Gasteiger partial charge in [0.2, 0.25) is 0 Å². The van der Waals surface area contributed by atoms with Crippen molar-refractivity contribution in [1.82, 2.24) is 10.3 Å². The van der Waals surface area contributed by atoms with Crippen molar-refractivity contribution in [3.05, 3.63) is 29.6 Å². The molecule has 14 heavy (non-hydrogen) atoms. The molecule has 0 aliphatic carbocycles. The molecule has 0 aromatic carbocycles. The average molecular weight is 192 g/mol. The van der Waals surface area contributed by atoms with Crippen molar-refractivity contribution in [2.24, 2.45) is 0 Å². The first-order valence-electron chi connectivity index (χ1n) is 5.09. The van der Waals surface area contributed by atoms with Gasteiger partial charge in [0.15, 0.2) is 0 Å². The Labute approximate surface area is 84.5 Å². The van der Waals surface area contributed by atoms with Crippen LogP contribution in [0.1, 0.15) is 17.7 Å². The first-order valence-corrected chi connectivity index (χ1v) is 5.09. The molecule has 2 rings (SSSR count). The Kier molecular flexibility index (Phi) is 3.11. The molecule has 0 radical (unpaired) electrons. The van der Waals surface area contributed by atoms with Crippen molar-refractivity contribution >= 4 is 0 Å². The quantitative estimate of drug-likeness (QED) is 0.783. The molecule has 0 saturated carbocycles. The Bertz CT molecular complexity index is 295. The highest BCUT2D eigenvalue weighted by Crippen LogP contribution is 2.09. The van der Waals surface area contributed by atoms with E-state index in [1.165, 1.54) is 5.56 Å². The van der Waals surface area contributed by atoms with E-state index in [0.717, 1.165) is 25.2 Å². The topological polar surface area (TPSA) is 34.1 Å². The summed E-state index contributed by atoms with van der Waals surface area (Å²) in [7, 11) is 0. The number of pyridine rings is 1. The highest BCUT2D eigenvalue weighted by atomic mass is 16.5. The summed E-state index contributed by atoms with van der Waals surface area (Å²) in [6, 6.07) is 4.02. The molecule has 1 saturated heterocycles. The monoisotopic (exact) mass is 192 g/mol. The Morgan fingerprint density at radius 2 is 2.57 bits per heavy atom. The largest absolute Gasteiger partial charge is 0.371 e. The fraction of sp³-hybridized carbons (Fsp3) is 0.545. The molecule has 1 aromatic rings. The van der Waals surface area contributed by atoms with Crippen LogP contribution in [0.25, 0.3) is 0 Å². The fourth-order valence-electron chi connectivity index (χ4n) is 1.64. The second-order valence-corrected chi connectivity index (χ2v) is 3.69. The molecule has 1 aliphatic rings. The molecule has 2 heterocycles. The number of hydrogen-bond acceptors (Lipinski definition) is 3. The van der Waals surface area contributed by atoms with Gasteiger partial charge in [-0.05, 0) is 31.5 Å². The highest BCUT2D eigenvalue weighted by Gasteiger charge is 2.14. The molecule has 1 atom stereocenters. The molecule has 1 aliphatic heterocycles. The predicted octanol–water partition coefficient (Wildman–Crippen LogP) is 1.27. The van der Waals surface area contributed by atoms with Gasteiger partial charge in [-0.15, -0.1) is 0 Å². The van der Waals surface area contributed by atoms with Gasteiger partial charge in [-0.1, -0.05) is 6.07 Å². The Morgan fingerprint density at radius 3 is 3.29 bits per heavy atom. The highest BCUT2D eigenvalue weighted by molar-refractivity contribution is 5.16. The van der Waals surface area contributed by atoms with E-state index in [2.05, 4.69) is 23.3 Å². The lowest BCUT2D eigenvalue weighted by Crippen LogP contribution is -2.17. The van der Waals surface area contributed by atoms with Crippen LogP contribution in [0.5, 0.6) is 0 Å². The number of nitrogens with zero attached hydrogens (tertiary/aromatic N) is 1. The molecule has 0 amide bonds. The van der Waals surface area contributed by atoms with Crippen LogP contribution in [0.3, 0.4) is 0 Å².